The Bertz CT molecular complexity index is 734. The van der Waals surface area contributed by atoms with E-state index < -0.39 is 10.0 Å². The van der Waals surface area contributed by atoms with Crippen LogP contribution in [0.25, 0.3) is 0 Å². The average molecular weight is 365 g/mol. The number of nitrogens with zero attached hydrogens (tertiary/aromatic N) is 2. The van der Waals surface area contributed by atoms with Crippen LogP contribution in [0.15, 0.2) is 29.2 Å². The molecule has 0 aromatic heterocycles. The van der Waals surface area contributed by atoms with E-state index in [0.717, 1.165) is 38.8 Å². The summed E-state index contributed by atoms with van der Waals surface area (Å²) in [6, 6.07) is 5.87. The fourth-order valence-electron chi connectivity index (χ4n) is 3.19. The first-order valence-corrected chi connectivity index (χ1v) is 10.1. The number of rotatable bonds is 5. The fourth-order valence-corrected chi connectivity index (χ4v) is 4.71. The second-order valence-corrected chi connectivity index (χ2v) is 8.34. The van der Waals surface area contributed by atoms with Crippen LogP contribution in [-0.4, -0.2) is 62.2 Å². The lowest BCUT2D eigenvalue weighted by Gasteiger charge is -2.16. The molecule has 0 spiro atoms. The van der Waals surface area contributed by atoms with E-state index in [2.05, 4.69) is 5.32 Å². The molecule has 25 heavy (non-hydrogen) atoms. The van der Waals surface area contributed by atoms with Crippen LogP contribution in [0.4, 0.5) is 0 Å². The van der Waals surface area contributed by atoms with E-state index in [0.29, 0.717) is 18.7 Å². The number of hydrogen-bond acceptors (Lipinski definition) is 4. The number of hydrogen-bond donors (Lipinski definition) is 1. The van der Waals surface area contributed by atoms with Gasteiger partial charge in [0.15, 0.2) is 0 Å². The van der Waals surface area contributed by atoms with Gasteiger partial charge in [-0.2, -0.15) is 4.31 Å². The van der Waals surface area contributed by atoms with Gasteiger partial charge in [0.05, 0.1) is 11.4 Å². The standard InChI is InChI=1S/C17H23N3O4S/c21-16(19-9-1-2-10-19)13-18-17(22)14-5-7-15(8-6-14)25(23,24)20-11-3-4-12-20/h5-8H,1-4,9-13H2,(H,18,22). The van der Waals surface area contributed by atoms with Crippen LogP contribution < -0.4 is 5.32 Å². The summed E-state index contributed by atoms with van der Waals surface area (Å²) in [5, 5.41) is 2.60. The van der Waals surface area contributed by atoms with Gasteiger partial charge in [0.1, 0.15) is 0 Å². The Morgan fingerprint density at radius 2 is 1.48 bits per heavy atom. The maximum absolute atomic E-state index is 12.5. The quantitative estimate of drug-likeness (QED) is 0.837. The molecule has 2 heterocycles. The van der Waals surface area contributed by atoms with Crippen molar-refractivity contribution in [2.45, 2.75) is 30.6 Å². The van der Waals surface area contributed by atoms with Crippen LogP contribution in [0.3, 0.4) is 0 Å². The lowest BCUT2D eigenvalue weighted by atomic mass is 10.2. The highest BCUT2D eigenvalue weighted by Crippen LogP contribution is 2.21. The van der Waals surface area contributed by atoms with Gasteiger partial charge in [-0.1, -0.05) is 0 Å². The van der Waals surface area contributed by atoms with Crippen LogP contribution in [0.1, 0.15) is 36.0 Å². The van der Waals surface area contributed by atoms with Gasteiger partial charge in [-0.05, 0) is 49.9 Å². The number of carbonyl (C=O) groups is 2. The van der Waals surface area contributed by atoms with Crippen LogP contribution in [0.2, 0.25) is 0 Å². The summed E-state index contributed by atoms with van der Waals surface area (Å²) in [6.07, 6.45) is 3.77. The molecule has 0 radical (unpaired) electrons. The third-order valence-corrected chi connectivity index (χ3v) is 6.59. The van der Waals surface area contributed by atoms with Gasteiger partial charge in [0.25, 0.3) is 5.91 Å². The highest BCUT2D eigenvalue weighted by molar-refractivity contribution is 7.89. The molecule has 1 aromatic carbocycles. The molecule has 2 aliphatic heterocycles. The molecule has 2 fully saturated rings. The van der Waals surface area contributed by atoms with E-state index in [4.69, 9.17) is 0 Å². The van der Waals surface area contributed by atoms with Gasteiger partial charge in [0.2, 0.25) is 15.9 Å². The smallest absolute Gasteiger partial charge is 0.251 e. The third kappa shape index (κ3) is 4.01. The highest BCUT2D eigenvalue weighted by atomic mass is 32.2. The van der Waals surface area contributed by atoms with Crippen molar-refractivity contribution in [1.29, 1.82) is 0 Å². The van der Waals surface area contributed by atoms with Crippen molar-refractivity contribution < 1.29 is 18.0 Å². The number of benzene rings is 1. The Hall–Kier alpha value is -1.93. The first-order valence-electron chi connectivity index (χ1n) is 8.65. The molecule has 0 saturated carbocycles. The van der Waals surface area contributed by atoms with E-state index >= 15 is 0 Å². The van der Waals surface area contributed by atoms with Gasteiger partial charge >= 0.3 is 0 Å². The molecule has 0 atom stereocenters. The van der Waals surface area contributed by atoms with Crippen molar-refractivity contribution in [3.05, 3.63) is 29.8 Å². The molecule has 3 rings (SSSR count). The first-order chi connectivity index (χ1) is 12.0. The van der Waals surface area contributed by atoms with Gasteiger partial charge in [-0.15, -0.1) is 0 Å². The molecule has 2 aliphatic rings. The van der Waals surface area contributed by atoms with Crippen molar-refractivity contribution in [1.82, 2.24) is 14.5 Å². The van der Waals surface area contributed by atoms with Crippen LogP contribution in [-0.2, 0) is 14.8 Å². The Morgan fingerprint density at radius 1 is 0.920 bits per heavy atom. The second kappa shape index (κ2) is 7.53. The molecule has 1 aromatic rings. The van der Waals surface area contributed by atoms with Gasteiger partial charge < -0.3 is 10.2 Å². The van der Waals surface area contributed by atoms with Crippen molar-refractivity contribution >= 4 is 21.8 Å². The number of carbonyl (C=O) groups excluding carboxylic acids is 2. The molecular weight excluding hydrogens is 342 g/mol. The predicted molar refractivity (Wildman–Crippen MR) is 92.6 cm³/mol. The predicted octanol–water partition coefficient (Wildman–Crippen LogP) is 0.823. The largest absolute Gasteiger partial charge is 0.343 e. The number of amides is 2. The minimum Gasteiger partial charge on any atom is -0.343 e. The zero-order valence-electron chi connectivity index (χ0n) is 14.1. The molecule has 2 amide bonds. The summed E-state index contributed by atoms with van der Waals surface area (Å²) >= 11 is 0. The molecule has 0 aliphatic carbocycles. The van der Waals surface area contributed by atoms with Gasteiger partial charge in [-0.25, -0.2) is 8.42 Å². The van der Waals surface area contributed by atoms with Crippen LogP contribution in [0, 0.1) is 0 Å². The Kier molecular flexibility index (Phi) is 5.39. The fraction of sp³-hybridized carbons (Fsp3) is 0.529. The lowest BCUT2D eigenvalue weighted by Crippen LogP contribution is -2.38. The first kappa shape index (κ1) is 17.9. The topological polar surface area (TPSA) is 86.8 Å². The van der Waals surface area contributed by atoms with Crippen LogP contribution >= 0.6 is 0 Å². The minimum absolute atomic E-state index is 0.0351. The van der Waals surface area contributed by atoms with Gasteiger partial charge in [-0.3, -0.25) is 9.59 Å². The summed E-state index contributed by atoms with van der Waals surface area (Å²) in [7, 11) is -3.48. The summed E-state index contributed by atoms with van der Waals surface area (Å²) in [6.45, 7) is 2.55. The van der Waals surface area contributed by atoms with Crippen molar-refractivity contribution in [3.63, 3.8) is 0 Å². The Balaban J connectivity index is 1.59. The molecule has 7 nitrogen and oxygen atoms in total. The summed E-state index contributed by atoms with van der Waals surface area (Å²) in [5.74, 6) is -0.461. The third-order valence-electron chi connectivity index (χ3n) is 4.68. The van der Waals surface area contributed by atoms with E-state index in [-0.39, 0.29) is 23.3 Å². The van der Waals surface area contributed by atoms with Gasteiger partial charge in [0, 0.05) is 31.7 Å². The molecule has 8 heteroatoms. The Morgan fingerprint density at radius 3 is 2.08 bits per heavy atom. The van der Waals surface area contributed by atoms with E-state index in [9.17, 15) is 18.0 Å². The molecule has 2 saturated heterocycles. The number of nitrogens with one attached hydrogen (secondary N) is 1. The molecule has 0 bridgehead atoms. The normalized spacial score (nSPS) is 18.5. The number of sulfonamides is 1. The minimum atomic E-state index is -3.48. The summed E-state index contributed by atoms with van der Waals surface area (Å²) in [5.41, 5.74) is 0.342. The van der Waals surface area contributed by atoms with Crippen LogP contribution in [0.5, 0.6) is 0 Å². The van der Waals surface area contributed by atoms with Crippen molar-refractivity contribution in [2.24, 2.45) is 0 Å². The molecule has 136 valence electrons. The maximum Gasteiger partial charge on any atom is 0.251 e. The van der Waals surface area contributed by atoms with Crippen molar-refractivity contribution in [2.75, 3.05) is 32.7 Å². The maximum atomic E-state index is 12.5. The molecular formula is C17H23N3O4S. The zero-order chi connectivity index (χ0) is 17.9. The average Bonchev–Trinajstić information content (AvgIpc) is 3.33. The zero-order valence-corrected chi connectivity index (χ0v) is 14.9. The van der Waals surface area contributed by atoms with E-state index in [1.165, 1.54) is 28.6 Å². The van der Waals surface area contributed by atoms with Crippen molar-refractivity contribution in [3.8, 4) is 0 Å². The summed E-state index contributed by atoms with van der Waals surface area (Å²) in [4.78, 5) is 26.0. The number of likely N-dealkylation sites (tertiary alicyclic amines) is 1. The lowest BCUT2D eigenvalue weighted by molar-refractivity contribution is -0.129. The second-order valence-electron chi connectivity index (χ2n) is 6.41. The molecule has 0 unspecified atom stereocenters. The SMILES string of the molecule is O=C(NCC(=O)N1CCCC1)c1ccc(S(=O)(=O)N2CCCC2)cc1. The Labute approximate surface area is 148 Å². The summed E-state index contributed by atoms with van der Waals surface area (Å²) < 4.78 is 26.4. The molecule has 1 N–H and O–H groups in total. The van der Waals surface area contributed by atoms with E-state index in [1.807, 2.05) is 0 Å². The van der Waals surface area contributed by atoms with E-state index in [1.54, 1.807) is 4.90 Å². The highest BCUT2D eigenvalue weighted by Gasteiger charge is 2.27. The monoisotopic (exact) mass is 365 g/mol.